The van der Waals surface area contributed by atoms with Gasteiger partial charge >= 0.3 is 0 Å². The molecular weight excluding hydrogens is 460 g/mol. The minimum atomic E-state index is -0.877. The molecule has 2 atom stereocenters. The number of Topliss-reactive ketones (excluding diaryl/α,β-unsaturated/α-hetero) is 1. The lowest BCUT2D eigenvalue weighted by atomic mass is 9.94. The van der Waals surface area contributed by atoms with Gasteiger partial charge in [-0.3, -0.25) is 19.7 Å². The van der Waals surface area contributed by atoms with Crippen molar-refractivity contribution in [2.45, 2.75) is 31.9 Å². The van der Waals surface area contributed by atoms with Crippen LogP contribution in [0.4, 0.5) is 5.69 Å². The second kappa shape index (κ2) is 9.30. The van der Waals surface area contributed by atoms with Gasteiger partial charge in [0.2, 0.25) is 0 Å². The molecule has 5 rings (SSSR count). The van der Waals surface area contributed by atoms with Gasteiger partial charge in [-0.25, -0.2) is 0 Å². The summed E-state index contributed by atoms with van der Waals surface area (Å²) in [6.07, 6.45) is 1.19. The van der Waals surface area contributed by atoms with Crippen molar-refractivity contribution < 1.29 is 24.4 Å². The fourth-order valence-electron chi connectivity index (χ4n) is 4.85. The third kappa shape index (κ3) is 4.22. The first kappa shape index (κ1) is 23.3. The number of carbonyl (C=O) groups is 2. The number of amides is 1. The molecule has 0 unspecified atom stereocenters. The Morgan fingerprint density at radius 3 is 2.50 bits per heavy atom. The number of ketones is 1. The van der Waals surface area contributed by atoms with Gasteiger partial charge in [0.05, 0.1) is 16.5 Å². The number of non-ortho nitro benzene ring substituents is 1. The molecule has 2 aliphatic rings. The number of nitro groups is 1. The van der Waals surface area contributed by atoms with E-state index < -0.39 is 22.7 Å². The quantitative estimate of drug-likeness (QED) is 0.180. The first-order chi connectivity index (χ1) is 17.3. The van der Waals surface area contributed by atoms with Gasteiger partial charge in [0, 0.05) is 30.7 Å². The molecule has 0 aliphatic carbocycles. The van der Waals surface area contributed by atoms with Crippen molar-refractivity contribution in [1.29, 1.82) is 0 Å². The highest BCUT2D eigenvalue weighted by atomic mass is 16.6. The molecule has 8 nitrogen and oxygen atoms in total. The fraction of sp³-hybridized carbons (Fsp3) is 0.214. The molecule has 8 heteroatoms. The van der Waals surface area contributed by atoms with Crippen molar-refractivity contribution in [1.82, 2.24) is 4.90 Å². The summed E-state index contributed by atoms with van der Waals surface area (Å²) in [6.45, 7) is 2.19. The molecule has 0 spiro atoms. The number of rotatable bonds is 6. The Kier molecular flexibility index (Phi) is 6.01. The Bertz CT molecular complexity index is 1380. The zero-order valence-corrected chi connectivity index (χ0v) is 19.6. The van der Waals surface area contributed by atoms with Crippen LogP contribution in [0.2, 0.25) is 0 Å². The summed E-state index contributed by atoms with van der Waals surface area (Å²) in [7, 11) is 0. The molecule has 3 aromatic rings. The maximum absolute atomic E-state index is 13.2. The Hall–Kier alpha value is -4.46. The summed E-state index contributed by atoms with van der Waals surface area (Å²) in [4.78, 5) is 38.5. The summed E-state index contributed by atoms with van der Waals surface area (Å²) in [5, 5.41) is 22.5. The van der Waals surface area contributed by atoms with E-state index in [1.165, 1.54) is 29.2 Å². The fourth-order valence-corrected chi connectivity index (χ4v) is 4.85. The molecule has 1 N–H and O–H groups in total. The molecule has 1 fully saturated rings. The number of benzene rings is 3. The van der Waals surface area contributed by atoms with Crippen LogP contribution in [0.1, 0.15) is 35.2 Å². The van der Waals surface area contributed by atoms with E-state index in [2.05, 4.69) is 0 Å². The summed E-state index contributed by atoms with van der Waals surface area (Å²) >= 11 is 0. The summed E-state index contributed by atoms with van der Waals surface area (Å²) < 4.78 is 5.74. The first-order valence-corrected chi connectivity index (χ1v) is 11.7. The highest BCUT2D eigenvalue weighted by Gasteiger charge is 2.46. The van der Waals surface area contributed by atoms with Crippen LogP contribution in [0.15, 0.2) is 78.4 Å². The van der Waals surface area contributed by atoms with E-state index in [0.717, 1.165) is 16.9 Å². The average molecular weight is 485 g/mol. The molecule has 1 saturated heterocycles. The summed E-state index contributed by atoms with van der Waals surface area (Å²) in [5.74, 6) is -1.04. The Morgan fingerprint density at radius 2 is 1.81 bits per heavy atom. The van der Waals surface area contributed by atoms with Crippen LogP contribution < -0.4 is 4.74 Å². The number of nitro benzene ring substituents is 1. The molecule has 0 aromatic heterocycles. The number of nitrogens with zero attached hydrogens (tertiary/aromatic N) is 2. The SMILES string of the molecule is C[C@H]1Cc2cc(/C(O)=C3\C(=O)C(=O)N(CCc4ccccc4)[C@@H]3c3ccc([N+](=O)[O-])cc3)ccc2O1. The second-order valence-corrected chi connectivity index (χ2v) is 9.03. The predicted octanol–water partition coefficient (Wildman–Crippen LogP) is 4.58. The van der Waals surface area contributed by atoms with Gasteiger partial charge < -0.3 is 14.7 Å². The Labute approximate surface area is 207 Å². The van der Waals surface area contributed by atoms with Gasteiger partial charge in [0.1, 0.15) is 17.6 Å². The number of likely N-dealkylation sites (tertiary alicyclic amines) is 1. The monoisotopic (exact) mass is 484 g/mol. The predicted molar refractivity (Wildman–Crippen MR) is 132 cm³/mol. The van der Waals surface area contributed by atoms with E-state index in [4.69, 9.17) is 4.74 Å². The van der Waals surface area contributed by atoms with E-state index in [1.807, 2.05) is 37.3 Å². The van der Waals surface area contributed by atoms with Crippen LogP contribution in [0, 0.1) is 10.1 Å². The number of aliphatic hydroxyl groups is 1. The lowest BCUT2D eigenvalue weighted by Gasteiger charge is -2.25. The van der Waals surface area contributed by atoms with Gasteiger partial charge in [0.15, 0.2) is 0 Å². The molecule has 0 radical (unpaired) electrons. The minimum Gasteiger partial charge on any atom is -0.507 e. The topological polar surface area (TPSA) is 110 Å². The standard InChI is InChI=1S/C28H24N2O6/c1-17-15-21-16-20(9-12-23(21)36-17)26(31)24-25(19-7-10-22(11-8-19)30(34)35)29(28(33)27(24)32)14-13-18-5-3-2-4-6-18/h2-12,16-17,25,31H,13-15H2,1H3/b26-24+/t17-,25+/m0/s1. The van der Waals surface area contributed by atoms with Crippen molar-refractivity contribution in [3.63, 3.8) is 0 Å². The molecule has 1 amide bonds. The maximum atomic E-state index is 13.2. The van der Waals surface area contributed by atoms with Crippen molar-refractivity contribution in [2.24, 2.45) is 0 Å². The second-order valence-electron chi connectivity index (χ2n) is 9.03. The van der Waals surface area contributed by atoms with E-state index in [9.17, 15) is 24.8 Å². The van der Waals surface area contributed by atoms with Crippen molar-refractivity contribution >= 4 is 23.1 Å². The Balaban J connectivity index is 1.57. The van der Waals surface area contributed by atoms with Gasteiger partial charge in [0.25, 0.3) is 17.4 Å². The van der Waals surface area contributed by atoms with Crippen LogP contribution in [0.5, 0.6) is 5.75 Å². The number of ether oxygens (including phenoxy) is 1. The van der Waals surface area contributed by atoms with Gasteiger partial charge in [-0.15, -0.1) is 0 Å². The average Bonchev–Trinajstić information content (AvgIpc) is 3.38. The number of carbonyl (C=O) groups excluding carboxylic acids is 2. The van der Waals surface area contributed by atoms with Gasteiger partial charge in [-0.1, -0.05) is 30.3 Å². The van der Waals surface area contributed by atoms with Crippen LogP contribution in [-0.2, 0) is 22.4 Å². The molecular formula is C28H24N2O6. The van der Waals surface area contributed by atoms with Crippen LogP contribution in [0.25, 0.3) is 5.76 Å². The summed E-state index contributed by atoms with van der Waals surface area (Å²) in [6, 6.07) is 19.6. The van der Waals surface area contributed by atoms with Crippen molar-refractivity contribution in [3.05, 3.63) is 111 Å². The third-order valence-corrected chi connectivity index (χ3v) is 6.61. The third-order valence-electron chi connectivity index (χ3n) is 6.61. The number of aliphatic hydroxyl groups excluding tert-OH is 1. The zero-order valence-electron chi connectivity index (χ0n) is 19.6. The lowest BCUT2D eigenvalue weighted by Crippen LogP contribution is -2.31. The van der Waals surface area contributed by atoms with Crippen LogP contribution >= 0.6 is 0 Å². The van der Waals surface area contributed by atoms with Crippen LogP contribution in [-0.4, -0.2) is 39.3 Å². The van der Waals surface area contributed by atoms with Gasteiger partial charge in [-0.2, -0.15) is 0 Å². The van der Waals surface area contributed by atoms with Gasteiger partial charge in [-0.05, 0) is 60.4 Å². The zero-order chi connectivity index (χ0) is 25.4. The number of hydrogen-bond donors (Lipinski definition) is 1. The smallest absolute Gasteiger partial charge is 0.295 e. The molecule has 2 heterocycles. The van der Waals surface area contributed by atoms with Crippen LogP contribution in [0.3, 0.4) is 0 Å². The van der Waals surface area contributed by atoms with E-state index in [1.54, 1.807) is 18.2 Å². The summed E-state index contributed by atoms with van der Waals surface area (Å²) in [5.41, 5.74) is 2.69. The van der Waals surface area contributed by atoms with Crippen molar-refractivity contribution in [2.75, 3.05) is 6.54 Å². The maximum Gasteiger partial charge on any atom is 0.295 e. The molecule has 2 aliphatic heterocycles. The molecule has 0 bridgehead atoms. The van der Waals surface area contributed by atoms with E-state index in [0.29, 0.717) is 24.0 Å². The Morgan fingerprint density at radius 1 is 1.08 bits per heavy atom. The molecule has 3 aromatic carbocycles. The largest absolute Gasteiger partial charge is 0.507 e. The lowest BCUT2D eigenvalue weighted by molar-refractivity contribution is -0.384. The number of hydrogen-bond acceptors (Lipinski definition) is 6. The molecule has 182 valence electrons. The molecule has 36 heavy (non-hydrogen) atoms. The van der Waals surface area contributed by atoms with Crippen molar-refractivity contribution in [3.8, 4) is 5.75 Å². The normalized spacial score (nSPS) is 20.3. The highest BCUT2D eigenvalue weighted by molar-refractivity contribution is 6.46. The highest BCUT2D eigenvalue weighted by Crippen LogP contribution is 2.41. The number of fused-ring (bicyclic) bond motifs is 1. The van der Waals surface area contributed by atoms with E-state index in [-0.39, 0.29) is 29.7 Å². The first-order valence-electron chi connectivity index (χ1n) is 11.7. The minimum absolute atomic E-state index is 0.0149. The van der Waals surface area contributed by atoms with E-state index >= 15 is 0 Å². The molecule has 0 saturated carbocycles.